The molecule has 0 atom stereocenters. The number of aldehydes is 1. The van der Waals surface area contributed by atoms with Crippen molar-refractivity contribution < 1.29 is 4.79 Å². The first-order valence-electron chi connectivity index (χ1n) is 5.79. The van der Waals surface area contributed by atoms with E-state index in [0.717, 1.165) is 23.1 Å². The maximum atomic E-state index is 11.0. The van der Waals surface area contributed by atoms with E-state index in [4.69, 9.17) is 0 Å². The molecule has 0 fully saturated rings. The van der Waals surface area contributed by atoms with Crippen LogP contribution in [-0.2, 0) is 0 Å². The van der Waals surface area contributed by atoms with Crippen molar-refractivity contribution in [2.24, 2.45) is 0 Å². The highest BCUT2D eigenvalue weighted by molar-refractivity contribution is 5.76. The third-order valence-corrected chi connectivity index (χ3v) is 3.06. The van der Waals surface area contributed by atoms with Gasteiger partial charge in [-0.3, -0.25) is 4.79 Å². The van der Waals surface area contributed by atoms with Gasteiger partial charge in [0.15, 0.2) is 6.29 Å². The second-order valence-corrected chi connectivity index (χ2v) is 4.25. The normalized spacial score (nSPS) is 10.7. The molecule has 0 saturated heterocycles. The van der Waals surface area contributed by atoms with Crippen molar-refractivity contribution in [3.8, 4) is 11.3 Å². The molecule has 0 aliphatic heterocycles. The van der Waals surface area contributed by atoms with Gasteiger partial charge < -0.3 is 0 Å². The lowest BCUT2D eigenvalue weighted by Crippen LogP contribution is -1.96. The average Bonchev–Trinajstić information content (AvgIpc) is 2.82. The van der Waals surface area contributed by atoms with Crippen LogP contribution in [0.25, 0.3) is 16.8 Å². The number of aryl methyl sites for hydroxylation is 1. The highest BCUT2D eigenvalue weighted by Gasteiger charge is 2.08. The number of hydrogen-bond donors (Lipinski definition) is 0. The molecule has 0 aliphatic carbocycles. The molecule has 0 spiro atoms. The van der Waals surface area contributed by atoms with E-state index in [1.165, 1.54) is 5.56 Å². The summed E-state index contributed by atoms with van der Waals surface area (Å²) in [6, 6.07) is 15.7. The van der Waals surface area contributed by atoms with Crippen LogP contribution in [-0.4, -0.2) is 15.9 Å². The van der Waals surface area contributed by atoms with Crippen molar-refractivity contribution in [3.63, 3.8) is 0 Å². The van der Waals surface area contributed by atoms with E-state index in [0.29, 0.717) is 5.69 Å². The van der Waals surface area contributed by atoms with Crippen LogP contribution in [0.5, 0.6) is 0 Å². The summed E-state index contributed by atoms with van der Waals surface area (Å²) in [4.78, 5) is 11.0. The molecule has 0 radical (unpaired) electrons. The first-order valence-corrected chi connectivity index (χ1v) is 5.79. The number of nitrogens with zero attached hydrogens (tertiary/aromatic N) is 2. The molecule has 1 aromatic carbocycles. The molecule has 3 nitrogen and oxygen atoms in total. The molecule has 0 amide bonds. The fraction of sp³-hybridized carbons (Fsp3) is 0.0667. The average molecular weight is 236 g/mol. The van der Waals surface area contributed by atoms with Crippen molar-refractivity contribution in [1.29, 1.82) is 0 Å². The summed E-state index contributed by atoms with van der Waals surface area (Å²) >= 11 is 0. The van der Waals surface area contributed by atoms with E-state index in [1.807, 2.05) is 36.4 Å². The van der Waals surface area contributed by atoms with Crippen molar-refractivity contribution in [3.05, 3.63) is 59.8 Å². The number of hydrogen-bond acceptors (Lipinski definition) is 2. The molecular formula is C15H12N2O. The Kier molecular flexibility index (Phi) is 2.45. The Labute approximate surface area is 105 Å². The monoisotopic (exact) mass is 236 g/mol. The Morgan fingerprint density at radius 2 is 1.94 bits per heavy atom. The fourth-order valence-corrected chi connectivity index (χ4v) is 2.12. The van der Waals surface area contributed by atoms with Gasteiger partial charge in [0.2, 0.25) is 0 Å². The summed E-state index contributed by atoms with van der Waals surface area (Å²) in [6.45, 7) is 2.06. The maximum Gasteiger partial charge on any atom is 0.168 e. The third kappa shape index (κ3) is 1.61. The number of rotatable bonds is 2. The van der Waals surface area contributed by atoms with Gasteiger partial charge in [0, 0.05) is 5.56 Å². The van der Waals surface area contributed by atoms with Gasteiger partial charge in [-0.2, -0.15) is 5.10 Å². The number of fused-ring (bicyclic) bond motifs is 1. The van der Waals surface area contributed by atoms with Crippen molar-refractivity contribution in [2.75, 3.05) is 0 Å². The summed E-state index contributed by atoms with van der Waals surface area (Å²) in [6.07, 6.45) is 0.821. The number of carbonyl (C=O) groups is 1. The van der Waals surface area contributed by atoms with Crippen LogP contribution in [0, 0.1) is 6.92 Å². The van der Waals surface area contributed by atoms with Crippen molar-refractivity contribution in [1.82, 2.24) is 9.61 Å². The van der Waals surface area contributed by atoms with Crippen LogP contribution in [0.1, 0.15) is 16.1 Å². The van der Waals surface area contributed by atoms with E-state index in [-0.39, 0.29) is 0 Å². The highest BCUT2D eigenvalue weighted by Crippen LogP contribution is 2.23. The van der Waals surface area contributed by atoms with Gasteiger partial charge >= 0.3 is 0 Å². The Bertz CT molecular complexity index is 728. The van der Waals surface area contributed by atoms with Crippen LogP contribution in [0.15, 0.2) is 48.5 Å². The molecule has 0 aliphatic rings. The van der Waals surface area contributed by atoms with E-state index in [1.54, 1.807) is 10.6 Å². The SMILES string of the molecule is Cc1ccccc1-c1cc2cccc(C=O)n2n1. The minimum Gasteiger partial charge on any atom is -0.296 e. The summed E-state index contributed by atoms with van der Waals surface area (Å²) in [7, 11) is 0. The smallest absolute Gasteiger partial charge is 0.168 e. The van der Waals surface area contributed by atoms with Crippen LogP contribution in [0.3, 0.4) is 0 Å². The predicted octanol–water partition coefficient (Wildman–Crippen LogP) is 3.12. The topological polar surface area (TPSA) is 34.4 Å². The van der Waals surface area contributed by atoms with Gasteiger partial charge in [-0.25, -0.2) is 4.52 Å². The maximum absolute atomic E-state index is 11.0. The zero-order valence-electron chi connectivity index (χ0n) is 10.00. The minimum atomic E-state index is 0.562. The van der Waals surface area contributed by atoms with Gasteiger partial charge in [0.25, 0.3) is 0 Å². The van der Waals surface area contributed by atoms with E-state index in [9.17, 15) is 4.79 Å². The Morgan fingerprint density at radius 1 is 1.11 bits per heavy atom. The molecule has 3 heteroatoms. The number of pyridine rings is 1. The zero-order chi connectivity index (χ0) is 12.5. The minimum absolute atomic E-state index is 0.562. The second kappa shape index (κ2) is 4.11. The predicted molar refractivity (Wildman–Crippen MR) is 70.8 cm³/mol. The molecule has 3 rings (SSSR count). The van der Waals surface area contributed by atoms with Crippen molar-refractivity contribution >= 4 is 11.8 Å². The van der Waals surface area contributed by atoms with Crippen LogP contribution in [0.2, 0.25) is 0 Å². The fourth-order valence-electron chi connectivity index (χ4n) is 2.12. The Hall–Kier alpha value is -2.42. The number of carbonyl (C=O) groups excluding carboxylic acids is 1. The standard InChI is InChI=1S/C15H12N2O/c1-11-5-2-3-8-14(11)15-9-12-6-4-7-13(10-18)17(12)16-15/h2-10H,1H3. The lowest BCUT2D eigenvalue weighted by molar-refractivity contribution is 0.111. The second-order valence-electron chi connectivity index (χ2n) is 4.25. The molecule has 3 aromatic rings. The van der Waals surface area contributed by atoms with Crippen LogP contribution < -0.4 is 0 Å². The van der Waals surface area contributed by atoms with Gasteiger partial charge in [0.05, 0.1) is 11.2 Å². The van der Waals surface area contributed by atoms with Gasteiger partial charge in [-0.05, 0) is 30.7 Å². The third-order valence-electron chi connectivity index (χ3n) is 3.06. The Morgan fingerprint density at radius 3 is 2.72 bits per heavy atom. The molecule has 0 saturated carbocycles. The molecular weight excluding hydrogens is 224 g/mol. The first-order chi connectivity index (χ1) is 8.79. The van der Waals surface area contributed by atoms with E-state index < -0.39 is 0 Å². The van der Waals surface area contributed by atoms with E-state index in [2.05, 4.69) is 18.1 Å². The highest BCUT2D eigenvalue weighted by atomic mass is 16.1. The summed E-state index contributed by atoms with van der Waals surface area (Å²) in [5.74, 6) is 0. The Balaban J connectivity index is 2.26. The molecule has 0 unspecified atom stereocenters. The van der Waals surface area contributed by atoms with Gasteiger partial charge in [-0.15, -0.1) is 0 Å². The molecule has 0 N–H and O–H groups in total. The summed E-state index contributed by atoms with van der Waals surface area (Å²) < 4.78 is 1.68. The first kappa shape index (κ1) is 10.7. The lowest BCUT2D eigenvalue weighted by atomic mass is 10.1. The molecule has 2 heterocycles. The molecule has 88 valence electrons. The largest absolute Gasteiger partial charge is 0.296 e. The number of benzene rings is 1. The molecule has 2 aromatic heterocycles. The zero-order valence-corrected chi connectivity index (χ0v) is 10.00. The quantitative estimate of drug-likeness (QED) is 0.641. The van der Waals surface area contributed by atoms with Gasteiger partial charge in [-0.1, -0.05) is 30.3 Å². The molecule has 0 bridgehead atoms. The van der Waals surface area contributed by atoms with Crippen LogP contribution >= 0.6 is 0 Å². The number of aromatic nitrogens is 2. The molecule has 18 heavy (non-hydrogen) atoms. The lowest BCUT2D eigenvalue weighted by Gasteiger charge is -2.00. The van der Waals surface area contributed by atoms with Gasteiger partial charge in [0.1, 0.15) is 5.69 Å². The van der Waals surface area contributed by atoms with Crippen LogP contribution in [0.4, 0.5) is 0 Å². The summed E-state index contributed by atoms with van der Waals surface area (Å²) in [5.41, 5.74) is 4.65. The van der Waals surface area contributed by atoms with Crippen molar-refractivity contribution in [2.45, 2.75) is 6.92 Å². The summed E-state index contributed by atoms with van der Waals surface area (Å²) in [5, 5.41) is 4.50. The van der Waals surface area contributed by atoms with E-state index >= 15 is 0 Å².